The van der Waals surface area contributed by atoms with E-state index in [4.69, 9.17) is 9.97 Å². The number of imidazole rings is 1. The van der Waals surface area contributed by atoms with Crippen molar-refractivity contribution < 1.29 is 5.11 Å². The van der Waals surface area contributed by atoms with E-state index in [1.807, 2.05) is 6.20 Å². The van der Waals surface area contributed by atoms with E-state index >= 15 is 0 Å². The van der Waals surface area contributed by atoms with Gasteiger partial charge in [-0.05, 0) is 93.2 Å². The van der Waals surface area contributed by atoms with Crippen LogP contribution < -0.4 is 0 Å². The molecule has 2 heterocycles. The second-order valence-corrected chi connectivity index (χ2v) is 9.88. The van der Waals surface area contributed by atoms with Crippen LogP contribution in [0.1, 0.15) is 61.3 Å². The number of H-pyrrole nitrogens is 1. The lowest BCUT2D eigenvalue weighted by molar-refractivity contribution is 0.262. The van der Waals surface area contributed by atoms with E-state index in [-0.39, 0.29) is 0 Å². The molecule has 0 amide bonds. The number of nitrogens with one attached hydrogen (secondary N) is 1. The Balaban J connectivity index is 1.33. The van der Waals surface area contributed by atoms with E-state index in [1.54, 1.807) is 0 Å². The van der Waals surface area contributed by atoms with Crippen LogP contribution in [-0.2, 0) is 0 Å². The molecule has 2 aliphatic carbocycles. The van der Waals surface area contributed by atoms with Gasteiger partial charge in [0.05, 0.1) is 16.8 Å². The summed E-state index contributed by atoms with van der Waals surface area (Å²) in [4.78, 5) is 13.2. The first-order valence-electron chi connectivity index (χ1n) is 12.1. The van der Waals surface area contributed by atoms with Gasteiger partial charge in [-0.3, -0.25) is 4.98 Å². The number of aliphatic hydroxyl groups is 1. The molecule has 4 heteroatoms. The molecule has 33 heavy (non-hydrogen) atoms. The summed E-state index contributed by atoms with van der Waals surface area (Å²) in [6.07, 6.45) is 15.2. The number of nitrogens with zero attached hydrogens (tertiary/aromatic N) is 2. The zero-order valence-corrected chi connectivity index (χ0v) is 19.6. The van der Waals surface area contributed by atoms with Gasteiger partial charge in [-0.1, -0.05) is 30.4 Å². The predicted molar refractivity (Wildman–Crippen MR) is 135 cm³/mol. The smallest absolute Gasteiger partial charge is 0.140 e. The number of fused-ring (bicyclic) bond motifs is 1. The second kappa shape index (κ2) is 9.01. The minimum absolute atomic E-state index is 0.329. The van der Waals surface area contributed by atoms with Gasteiger partial charge < -0.3 is 10.1 Å². The first-order chi connectivity index (χ1) is 16.0. The molecule has 1 fully saturated rings. The highest BCUT2D eigenvalue weighted by molar-refractivity contribution is 5.80. The van der Waals surface area contributed by atoms with Crippen LogP contribution in [0.25, 0.3) is 22.4 Å². The molecule has 0 spiro atoms. The summed E-state index contributed by atoms with van der Waals surface area (Å²) < 4.78 is 0. The van der Waals surface area contributed by atoms with Gasteiger partial charge in [0.15, 0.2) is 0 Å². The maximum Gasteiger partial charge on any atom is 0.140 e. The summed E-state index contributed by atoms with van der Waals surface area (Å²) in [5.41, 5.74) is 8.28. The number of hydrogen-bond acceptors (Lipinski definition) is 3. The van der Waals surface area contributed by atoms with E-state index in [0.717, 1.165) is 53.8 Å². The minimum atomic E-state index is 0.329. The second-order valence-electron chi connectivity index (χ2n) is 9.88. The maximum atomic E-state index is 9.55. The van der Waals surface area contributed by atoms with Gasteiger partial charge in [-0.15, -0.1) is 0 Å². The van der Waals surface area contributed by atoms with Crippen LogP contribution in [0.4, 0.5) is 0 Å². The molecule has 0 bridgehead atoms. The number of aromatic amines is 1. The lowest BCUT2D eigenvalue weighted by atomic mass is 9.71. The summed E-state index contributed by atoms with van der Waals surface area (Å²) in [6.45, 7) is 7.93. The molecular formula is C29H33N3O. The Morgan fingerprint density at radius 1 is 1.12 bits per heavy atom. The van der Waals surface area contributed by atoms with Crippen molar-refractivity contribution >= 4 is 11.0 Å². The van der Waals surface area contributed by atoms with Gasteiger partial charge in [-0.2, -0.15) is 0 Å². The van der Waals surface area contributed by atoms with Crippen molar-refractivity contribution in [2.75, 3.05) is 0 Å². The molecule has 1 saturated carbocycles. The third kappa shape index (κ3) is 4.52. The topological polar surface area (TPSA) is 61.8 Å². The average molecular weight is 440 g/mol. The first-order valence-corrected chi connectivity index (χ1v) is 12.1. The largest absolute Gasteiger partial charge is 0.513 e. The van der Waals surface area contributed by atoms with Crippen molar-refractivity contribution in [3.63, 3.8) is 0 Å². The summed E-state index contributed by atoms with van der Waals surface area (Å²) in [6, 6.07) is 8.64. The molecule has 0 saturated heterocycles. The highest BCUT2D eigenvalue weighted by atomic mass is 16.3. The fraction of sp³-hybridized carbons (Fsp3) is 0.379. The zero-order chi connectivity index (χ0) is 22.9. The van der Waals surface area contributed by atoms with E-state index in [0.29, 0.717) is 23.5 Å². The number of benzene rings is 1. The number of rotatable bonds is 5. The number of allylic oxidation sites excluding steroid dienone is 5. The van der Waals surface area contributed by atoms with Crippen LogP contribution in [-0.4, -0.2) is 20.1 Å². The molecule has 1 atom stereocenters. The van der Waals surface area contributed by atoms with Crippen molar-refractivity contribution in [3.8, 4) is 11.4 Å². The lowest BCUT2D eigenvalue weighted by Gasteiger charge is -2.34. The van der Waals surface area contributed by atoms with Crippen LogP contribution >= 0.6 is 0 Å². The Kier molecular flexibility index (Phi) is 5.92. The number of aryl methyl sites for hydroxylation is 2. The van der Waals surface area contributed by atoms with Crippen molar-refractivity contribution in [2.45, 2.75) is 58.3 Å². The van der Waals surface area contributed by atoms with Gasteiger partial charge in [0, 0.05) is 29.8 Å². The van der Waals surface area contributed by atoms with Crippen LogP contribution in [0.3, 0.4) is 0 Å². The quantitative estimate of drug-likeness (QED) is 0.405. The van der Waals surface area contributed by atoms with Crippen LogP contribution in [0.2, 0.25) is 0 Å². The predicted octanol–water partition coefficient (Wildman–Crippen LogP) is 7.48. The van der Waals surface area contributed by atoms with Gasteiger partial charge >= 0.3 is 0 Å². The van der Waals surface area contributed by atoms with Crippen molar-refractivity contribution in [2.24, 2.45) is 11.8 Å². The first kappa shape index (κ1) is 21.7. The number of hydrogen-bond donors (Lipinski definition) is 2. The van der Waals surface area contributed by atoms with Crippen LogP contribution in [0, 0.1) is 25.7 Å². The van der Waals surface area contributed by atoms with E-state index in [2.05, 4.69) is 67.9 Å². The number of aromatic nitrogens is 3. The van der Waals surface area contributed by atoms with Crippen molar-refractivity contribution in [1.82, 2.24) is 15.0 Å². The Morgan fingerprint density at radius 2 is 1.91 bits per heavy atom. The zero-order valence-electron chi connectivity index (χ0n) is 19.6. The molecule has 2 aromatic heterocycles. The Morgan fingerprint density at radius 3 is 2.64 bits per heavy atom. The molecule has 170 valence electrons. The molecular weight excluding hydrogens is 406 g/mol. The molecule has 2 N–H and O–H groups in total. The lowest BCUT2D eigenvalue weighted by Crippen LogP contribution is -2.21. The molecule has 2 aliphatic rings. The molecule has 0 aliphatic heterocycles. The fourth-order valence-electron chi connectivity index (χ4n) is 5.55. The molecule has 5 rings (SSSR count). The Labute approximate surface area is 196 Å². The van der Waals surface area contributed by atoms with E-state index in [1.165, 1.54) is 29.5 Å². The Hall–Kier alpha value is -3.14. The summed E-state index contributed by atoms with van der Waals surface area (Å²) in [5.74, 6) is 2.73. The molecule has 0 radical (unpaired) electrons. The Bertz CT molecular complexity index is 1180. The van der Waals surface area contributed by atoms with Crippen molar-refractivity contribution in [1.29, 1.82) is 0 Å². The highest BCUT2D eigenvalue weighted by Gasteiger charge is 2.29. The number of pyridine rings is 1. The van der Waals surface area contributed by atoms with Gasteiger partial charge in [0.1, 0.15) is 5.82 Å². The molecule has 1 unspecified atom stereocenters. The average Bonchev–Trinajstić information content (AvgIpc) is 3.22. The third-order valence-corrected chi connectivity index (χ3v) is 7.56. The van der Waals surface area contributed by atoms with Gasteiger partial charge in [0.25, 0.3) is 0 Å². The third-order valence-electron chi connectivity index (χ3n) is 7.56. The standard InChI is InChI=1S/C29H33N3O/c1-18-14-27-28(15-19(18)2)32-29(31-27)23-12-13-26(30-17-23)25-7-5-4-6-24(25)22-10-8-21(9-11-22)16-20(3)33/h4-6,12-15,17,21-22,25,33H,3,7-11,16H2,1-2H3,(H,31,32). The summed E-state index contributed by atoms with van der Waals surface area (Å²) in [7, 11) is 0. The molecule has 1 aromatic carbocycles. The summed E-state index contributed by atoms with van der Waals surface area (Å²) in [5, 5.41) is 9.55. The minimum Gasteiger partial charge on any atom is -0.513 e. The maximum absolute atomic E-state index is 9.55. The highest BCUT2D eigenvalue weighted by Crippen LogP contribution is 2.43. The van der Waals surface area contributed by atoms with Gasteiger partial charge in [-0.25, -0.2) is 4.98 Å². The monoisotopic (exact) mass is 439 g/mol. The fourth-order valence-corrected chi connectivity index (χ4v) is 5.55. The van der Waals surface area contributed by atoms with Crippen LogP contribution in [0.15, 0.2) is 66.6 Å². The SMILES string of the molecule is C=C(O)CC1CCC(C2=CC=CCC2c2ccc(-c3nc4cc(C)c(C)cc4[nH]3)cn2)CC1. The van der Waals surface area contributed by atoms with E-state index in [9.17, 15) is 5.11 Å². The normalized spacial score (nSPS) is 23.0. The van der Waals surface area contributed by atoms with Crippen molar-refractivity contribution in [3.05, 3.63) is 83.4 Å². The summed E-state index contributed by atoms with van der Waals surface area (Å²) >= 11 is 0. The van der Waals surface area contributed by atoms with E-state index < -0.39 is 0 Å². The van der Waals surface area contributed by atoms with Crippen LogP contribution in [0.5, 0.6) is 0 Å². The molecule has 3 aromatic rings. The molecule has 4 nitrogen and oxygen atoms in total. The van der Waals surface area contributed by atoms with Gasteiger partial charge in [0.2, 0.25) is 0 Å². The number of aliphatic hydroxyl groups excluding tert-OH is 1.